The van der Waals surface area contributed by atoms with Crippen molar-refractivity contribution < 1.29 is 23.7 Å². The second-order valence-electron chi connectivity index (χ2n) is 8.58. The molecule has 3 aromatic carbocycles. The summed E-state index contributed by atoms with van der Waals surface area (Å²) in [6.45, 7) is 0.989. The van der Waals surface area contributed by atoms with E-state index >= 15 is 0 Å². The molecular formula is C29H33NO5. The Hall–Kier alpha value is -3.67. The lowest BCUT2D eigenvalue weighted by molar-refractivity contribution is -0.135. The molecule has 0 bridgehead atoms. The van der Waals surface area contributed by atoms with Gasteiger partial charge in [-0.2, -0.15) is 0 Å². The number of fused-ring (bicyclic) bond motifs is 1. The number of carbonyl (C=O) groups is 1. The Morgan fingerprint density at radius 3 is 2.26 bits per heavy atom. The number of amides is 1. The summed E-state index contributed by atoms with van der Waals surface area (Å²) in [4.78, 5) is 15.3. The summed E-state index contributed by atoms with van der Waals surface area (Å²) in [7, 11) is 4.90. The fourth-order valence-electron chi connectivity index (χ4n) is 4.59. The number of nitrogens with zero attached hydrogens (tertiary/aromatic N) is 1. The van der Waals surface area contributed by atoms with Gasteiger partial charge in [-0.3, -0.25) is 4.79 Å². The lowest BCUT2D eigenvalue weighted by Gasteiger charge is -2.37. The maximum Gasteiger partial charge on any atom is 0.223 e. The van der Waals surface area contributed by atoms with E-state index in [0.717, 1.165) is 41.9 Å². The summed E-state index contributed by atoms with van der Waals surface area (Å²) in [6, 6.07) is 21.6. The smallest absolute Gasteiger partial charge is 0.223 e. The molecule has 0 aliphatic carbocycles. The number of hydrogen-bond donors (Lipinski definition) is 0. The van der Waals surface area contributed by atoms with Gasteiger partial charge in [0.1, 0.15) is 18.1 Å². The third-order valence-electron chi connectivity index (χ3n) is 6.49. The molecule has 6 nitrogen and oxygen atoms in total. The average molecular weight is 476 g/mol. The summed E-state index contributed by atoms with van der Waals surface area (Å²) >= 11 is 0. The zero-order valence-corrected chi connectivity index (χ0v) is 20.7. The van der Waals surface area contributed by atoms with Gasteiger partial charge in [0.2, 0.25) is 5.91 Å². The molecule has 1 amide bonds. The molecule has 0 fully saturated rings. The average Bonchev–Trinajstić information content (AvgIpc) is 2.91. The Balaban J connectivity index is 1.53. The van der Waals surface area contributed by atoms with Crippen LogP contribution in [0.4, 0.5) is 0 Å². The molecule has 4 rings (SSSR count). The highest BCUT2D eigenvalue weighted by Crippen LogP contribution is 2.38. The maximum atomic E-state index is 13.4. The van der Waals surface area contributed by atoms with Gasteiger partial charge < -0.3 is 23.8 Å². The Kier molecular flexibility index (Phi) is 8.14. The van der Waals surface area contributed by atoms with Gasteiger partial charge in [-0.15, -0.1) is 0 Å². The number of aryl methyl sites for hydroxylation is 1. The van der Waals surface area contributed by atoms with Crippen molar-refractivity contribution in [2.75, 3.05) is 34.5 Å². The molecule has 1 heterocycles. The SMILES string of the molecule is COc1ccc(OCC2c3cc(OC)c(OC)cc3CCN2C(=O)CCCc2ccccc2)cc1. The minimum absolute atomic E-state index is 0.143. The van der Waals surface area contributed by atoms with Crippen molar-refractivity contribution >= 4 is 5.91 Å². The second kappa shape index (κ2) is 11.6. The van der Waals surface area contributed by atoms with Crippen molar-refractivity contribution in [1.29, 1.82) is 0 Å². The quantitative estimate of drug-likeness (QED) is 0.401. The van der Waals surface area contributed by atoms with Crippen LogP contribution in [0.5, 0.6) is 23.0 Å². The number of ether oxygens (including phenoxy) is 4. The molecule has 0 spiro atoms. The summed E-state index contributed by atoms with van der Waals surface area (Å²) in [6.07, 6.45) is 2.95. The van der Waals surface area contributed by atoms with Gasteiger partial charge in [0.15, 0.2) is 11.5 Å². The second-order valence-corrected chi connectivity index (χ2v) is 8.58. The molecule has 1 atom stereocenters. The summed E-state index contributed by atoms with van der Waals surface area (Å²) in [5.41, 5.74) is 3.44. The Morgan fingerprint density at radius 2 is 1.57 bits per heavy atom. The molecule has 184 valence electrons. The van der Waals surface area contributed by atoms with Crippen LogP contribution in [-0.4, -0.2) is 45.3 Å². The lowest BCUT2D eigenvalue weighted by atomic mass is 9.91. The first-order valence-electron chi connectivity index (χ1n) is 12.0. The predicted molar refractivity (Wildman–Crippen MR) is 136 cm³/mol. The predicted octanol–water partition coefficient (Wildman–Crippen LogP) is 5.24. The highest BCUT2D eigenvalue weighted by Gasteiger charge is 2.32. The molecule has 1 unspecified atom stereocenters. The first-order valence-corrected chi connectivity index (χ1v) is 12.0. The van der Waals surface area contributed by atoms with Crippen LogP contribution in [0.2, 0.25) is 0 Å². The van der Waals surface area contributed by atoms with Crippen molar-refractivity contribution in [1.82, 2.24) is 4.90 Å². The molecule has 0 aromatic heterocycles. The number of rotatable bonds is 10. The van der Waals surface area contributed by atoms with Gasteiger partial charge in [-0.25, -0.2) is 0 Å². The van der Waals surface area contributed by atoms with Crippen molar-refractivity contribution in [3.63, 3.8) is 0 Å². The number of hydrogen-bond acceptors (Lipinski definition) is 5. The minimum atomic E-state index is -0.218. The van der Waals surface area contributed by atoms with E-state index in [1.165, 1.54) is 5.56 Å². The van der Waals surface area contributed by atoms with Crippen molar-refractivity contribution in [3.05, 3.63) is 83.4 Å². The molecule has 0 saturated carbocycles. The first-order chi connectivity index (χ1) is 17.1. The molecule has 3 aromatic rings. The molecule has 35 heavy (non-hydrogen) atoms. The van der Waals surface area contributed by atoms with Crippen molar-refractivity contribution in [2.45, 2.75) is 31.7 Å². The van der Waals surface area contributed by atoms with E-state index in [0.29, 0.717) is 31.1 Å². The van der Waals surface area contributed by atoms with Crippen molar-refractivity contribution in [3.8, 4) is 23.0 Å². The topological polar surface area (TPSA) is 57.2 Å². The molecule has 6 heteroatoms. The van der Waals surface area contributed by atoms with Gasteiger partial charge in [-0.1, -0.05) is 30.3 Å². The summed E-state index contributed by atoms with van der Waals surface area (Å²) < 4.78 is 22.5. The molecule has 1 aliphatic heterocycles. The van der Waals surface area contributed by atoms with Crippen LogP contribution in [0, 0.1) is 0 Å². The van der Waals surface area contributed by atoms with Crippen LogP contribution in [0.15, 0.2) is 66.7 Å². The monoisotopic (exact) mass is 475 g/mol. The Labute approximate surface area is 207 Å². The van der Waals surface area contributed by atoms with E-state index in [-0.39, 0.29) is 11.9 Å². The van der Waals surface area contributed by atoms with Crippen LogP contribution < -0.4 is 18.9 Å². The lowest BCUT2D eigenvalue weighted by Crippen LogP contribution is -2.42. The molecule has 0 radical (unpaired) electrons. The Morgan fingerprint density at radius 1 is 0.886 bits per heavy atom. The fourth-order valence-corrected chi connectivity index (χ4v) is 4.59. The molecule has 1 aliphatic rings. The zero-order valence-electron chi connectivity index (χ0n) is 20.7. The Bertz CT molecular complexity index is 1110. The highest BCUT2D eigenvalue weighted by atomic mass is 16.5. The molecule has 0 saturated heterocycles. The van der Waals surface area contributed by atoms with E-state index in [1.807, 2.05) is 59.5 Å². The van der Waals surface area contributed by atoms with Crippen molar-refractivity contribution in [2.24, 2.45) is 0 Å². The number of carbonyl (C=O) groups excluding carboxylic acids is 1. The van der Waals surface area contributed by atoms with E-state index in [2.05, 4.69) is 12.1 Å². The standard InChI is InChI=1S/C29H33NO5/c1-32-23-12-14-24(15-13-23)35-20-26-25-19-28(34-3)27(33-2)18-22(25)16-17-30(26)29(31)11-7-10-21-8-5-4-6-9-21/h4-6,8-9,12-15,18-19,26H,7,10-11,16-17,20H2,1-3H3. The van der Waals surface area contributed by atoms with Crippen LogP contribution in [-0.2, 0) is 17.6 Å². The zero-order chi connectivity index (χ0) is 24.6. The third kappa shape index (κ3) is 5.88. The maximum absolute atomic E-state index is 13.4. The van der Waals surface area contributed by atoms with Crippen LogP contribution in [0.25, 0.3) is 0 Å². The summed E-state index contributed by atoms with van der Waals surface area (Å²) in [5, 5.41) is 0. The van der Waals surface area contributed by atoms with Crippen LogP contribution >= 0.6 is 0 Å². The minimum Gasteiger partial charge on any atom is -0.497 e. The van der Waals surface area contributed by atoms with E-state index < -0.39 is 0 Å². The number of benzene rings is 3. The molecular weight excluding hydrogens is 442 g/mol. The van der Waals surface area contributed by atoms with Gasteiger partial charge in [0.25, 0.3) is 0 Å². The normalized spacial score (nSPS) is 14.7. The van der Waals surface area contributed by atoms with Crippen LogP contribution in [0.3, 0.4) is 0 Å². The van der Waals surface area contributed by atoms with E-state index in [1.54, 1.807) is 21.3 Å². The summed E-state index contributed by atoms with van der Waals surface area (Å²) in [5.74, 6) is 3.00. The van der Waals surface area contributed by atoms with Gasteiger partial charge in [0, 0.05) is 13.0 Å². The fraction of sp³-hybridized carbons (Fsp3) is 0.345. The van der Waals surface area contributed by atoms with E-state index in [9.17, 15) is 4.79 Å². The van der Waals surface area contributed by atoms with Gasteiger partial charge in [-0.05, 0) is 72.4 Å². The largest absolute Gasteiger partial charge is 0.497 e. The van der Waals surface area contributed by atoms with Crippen LogP contribution in [0.1, 0.15) is 35.6 Å². The van der Waals surface area contributed by atoms with Gasteiger partial charge in [0.05, 0.1) is 27.4 Å². The van der Waals surface area contributed by atoms with E-state index in [4.69, 9.17) is 18.9 Å². The van der Waals surface area contributed by atoms with Gasteiger partial charge >= 0.3 is 0 Å². The highest BCUT2D eigenvalue weighted by molar-refractivity contribution is 5.77. The number of methoxy groups -OCH3 is 3. The third-order valence-corrected chi connectivity index (χ3v) is 6.49. The first kappa shape index (κ1) is 24.5. The molecule has 0 N–H and O–H groups in total.